The van der Waals surface area contributed by atoms with Gasteiger partial charge in [0.1, 0.15) is 0 Å². The molecule has 0 spiro atoms. The molecule has 15 heavy (non-hydrogen) atoms. The summed E-state index contributed by atoms with van der Waals surface area (Å²) in [6.45, 7) is 2.56. The topological polar surface area (TPSA) is 64.1 Å². The summed E-state index contributed by atoms with van der Waals surface area (Å²) in [5.41, 5.74) is 0. The zero-order valence-electron chi connectivity index (χ0n) is 8.51. The van der Waals surface area contributed by atoms with Gasteiger partial charge in [0.25, 0.3) is 0 Å². The van der Waals surface area contributed by atoms with Gasteiger partial charge in [0.15, 0.2) is 5.82 Å². The fraction of sp³-hybridized carbons (Fsp3) is 0.500. The minimum atomic E-state index is -0.0768. The Balaban J connectivity index is 1.98. The van der Waals surface area contributed by atoms with Crippen LogP contribution in [-0.2, 0) is 9.53 Å². The van der Waals surface area contributed by atoms with Gasteiger partial charge < -0.3 is 10.1 Å². The van der Waals surface area contributed by atoms with Crippen molar-refractivity contribution in [3.63, 3.8) is 0 Å². The van der Waals surface area contributed by atoms with Crippen LogP contribution in [0.25, 0.3) is 0 Å². The van der Waals surface area contributed by atoms with E-state index in [2.05, 4.69) is 15.3 Å². The highest BCUT2D eigenvalue weighted by Gasteiger charge is 2.30. The number of anilines is 1. The van der Waals surface area contributed by atoms with E-state index in [1.54, 1.807) is 12.4 Å². The number of nitrogens with one attached hydrogen (secondary N) is 1. The summed E-state index contributed by atoms with van der Waals surface area (Å²) in [6.07, 6.45) is 5.40. The zero-order valence-corrected chi connectivity index (χ0v) is 8.51. The predicted octanol–water partition coefficient (Wildman–Crippen LogP) is 0.840. The molecule has 1 fully saturated rings. The quantitative estimate of drug-likeness (QED) is 0.780. The average molecular weight is 207 g/mol. The van der Waals surface area contributed by atoms with E-state index in [-0.39, 0.29) is 17.9 Å². The maximum atomic E-state index is 11.8. The fourth-order valence-electron chi connectivity index (χ4n) is 1.66. The first-order valence-corrected chi connectivity index (χ1v) is 4.96. The molecule has 2 rings (SSSR count). The van der Waals surface area contributed by atoms with E-state index in [0.717, 1.165) is 6.42 Å². The van der Waals surface area contributed by atoms with Gasteiger partial charge in [-0.25, -0.2) is 4.98 Å². The monoisotopic (exact) mass is 207 g/mol. The van der Waals surface area contributed by atoms with Gasteiger partial charge in [0.05, 0.1) is 18.2 Å². The van der Waals surface area contributed by atoms with Crippen LogP contribution in [0.1, 0.15) is 13.3 Å². The third-order valence-corrected chi connectivity index (χ3v) is 2.53. The highest BCUT2D eigenvalue weighted by molar-refractivity contribution is 5.92. The minimum Gasteiger partial charge on any atom is -0.378 e. The molecule has 80 valence electrons. The summed E-state index contributed by atoms with van der Waals surface area (Å²) in [5, 5.41) is 2.72. The van der Waals surface area contributed by atoms with Crippen molar-refractivity contribution in [1.82, 2.24) is 9.97 Å². The molecule has 2 atom stereocenters. The van der Waals surface area contributed by atoms with Crippen LogP contribution in [0.4, 0.5) is 5.82 Å². The highest BCUT2D eigenvalue weighted by Crippen LogP contribution is 2.21. The Morgan fingerprint density at radius 2 is 2.47 bits per heavy atom. The molecule has 2 heterocycles. The van der Waals surface area contributed by atoms with Crippen LogP contribution in [0.2, 0.25) is 0 Å². The Morgan fingerprint density at radius 3 is 3.07 bits per heavy atom. The van der Waals surface area contributed by atoms with Gasteiger partial charge in [0, 0.05) is 19.0 Å². The van der Waals surface area contributed by atoms with Crippen molar-refractivity contribution in [1.29, 1.82) is 0 Å². The molecule has 1 aliphatic rings. The number of nitrogens with zero attached hydrogens (tertiary/aromatic N) is 2. The Kier molecular flexibility index (Phi) is 2.91. The van der Waals surface area contributed by atoms with Crippen LogP contribution in [0, 0.1) is 5.92 Å². The van der Waals surface area contributed by atoms with E-state index in [1.807, 2.05) is 6.92 Å². The van der Waals surface area contributed by atoms with Crippen LogP contribution in [0.3, 0.4) is 0 Å². The lowest BCUT2D eigenvalue weighted by molar-refractivity contribution is -0.121. The molecule has 0 bridgehead atoms. The van der Waals surface area contributed by atoms with E-state index >= 15 is 0 Å². The lowest BCUT2D eigenvalue weighted by atomic mass is 10.0. The summed E-state index contributed by atoms with van der Waals surface area (Å²) in [5.74, 6) is 0.370. The fourth-order valence-corrected chi connectivity index (χ4v) is 1.66. The maximum absolute atomic E-state index is 11.8. The normalized spacial score (nSPS) is 25.1. The van der Waals surface area contributed by atoms with Crippen LogP contribution >= 0.6 is 0 Å². The molecular weight excluding hydrogens is 194 g/mol. The molecule has 1 saturated heterocycles. The van der Waals surface area contributed by atoms with E-state index in [4.69, 9.17) is 4.74 Å². The van der Waals surface area contributed by atoms with E-state index in [1.165, 1.54) is 6.20 Å². The molecule has 1 aromatic heterocycles. The van der Waals surface area contributed by atoms with Crippen molar-refractivity contribution in [2.75, 3.05) is 11.9 Å². The van der Waals surface area contributed by atoms with Crippen molar-refractivity contribution >= 4 is 11.7 Å². The Labute approximate surface area is 87.9 Å². The summed E-state index contributed by atoms with van der Waals surface area (Å²) < 4.78 is 5.33. The van der Waals surface area contributed by atoms with E-state index in [0.29, 0.717) is 12.4 Å². The molecule has 0 saturated carbocycles. The number of carbonyl (C=O) groups excluding carboxylic acids is 1. The smallest absolute Gasteiger partial charge is 0.231 e. The molecule has 0 radical (unpaired) electrons. The van der Waals surface area contributed by atoms with Crippen molar-refractivity contribution in [3.05, 3.63) is 18.6 Å². The van der Waals surface area contributed by atoms with Crippen molar-refractivity contribution < 1.29 is 9.53 Å². The van der Waals surface area contributed by atoms with Crippen molar-refractivity contribution in [3.8, 4) is 0 Å². The number of aromatic nitrogens is 2. The standard InChI is InChI=1S/C10H13N3O2/c1-7-8(2-5-15-7)10(14)13-9-6-11-3-4-12-9/h3-4,6-8H,2,5H2,1H3,(H,12,13,14)/t7-,8-/m1/s1. The number of ether oxygens (including phenoxy) is 1. The molecule has 1 aliphatic heterocycles. The summed E-state index contributed by atoms with van der Waals surface area (Å²) in [6, 6.07) is 0. The van der Waals surface area contributed by atoms with Crippen molar-refractivity contribution in [2.24, 2.45) is 5.92 Å². The van der Waals surface area contributed by atoms with Gasteiger partial charge in [-0.1, -0.05) is 0 Å². The first kappa shape index (κ1) is 10.0. The zero-order chi connectivity index (χ0) is 10.7. The molecule has 1 aromatic rings. The largest absolute Gasteiger partial charge is 0.378 e. The highest BCUT2D eigenvalue weighted by atomic mass is 16.5. The number of rotatable bonds is 2. The van der Waals surface area contributed by atoms with Crippen LogP contribution in [-0.4, -0.2) is 28.6 Å². The Bertz CT molecular complexity index is 342. The minimum absolute atomic E-state index is 0.0123. The van der Waals surface area contributed by atoms with Crippen molar-refractivity contribution in [2.45, 2.75) is 19.4 Å². The average Bonchev–Trinajstić information content (AvgIpc) is 2.66. The SMILES string of the molecule is C[C@H]1OCC[C@H]1C(=O)Nc1cnccn1. The summed E-state index contributed by atoms with van der Waals surface area (Å²) in [4.78, 5) is 19.6. The molecule has 0 aliphatic carbocycles. The predicted molar refractivity (Wildman–Crippen MR) is 54.2 cm³/mol. The van der Waals surface area contributed by atoms with Gasteiger partial charge >= 0.3 is 0 Å². The van der Waals surface area contributed by atoms with Gasteiger partial charge in [-0.3, -0.25) is 9.78 Å². The lowest BCUT2D eigenvalue weighted by Gasteiger charge is -2.12. The van der Waals surface area contributed by atoms with E-state index in [9.17, 15) is 4.79 Å². The maximum Gasteiger partial charge on any atom is 0.231 e. The third-order valence-electron chi connectivity index (χ3n) is 2.53. The second-order valence-electron chi connectivity index (χ2n) is 3.55. The summed E-state index contributed by atoms with van der Waals surface area (Å²) >= 11 is 0. The number of hydrogen-bond donors (Lipinski definition) is 1. The molecule has 0 aromatic carbocycles. The first-order chi connectivity index (χ1) is 7.27. The van der Waals surface area contributed by atoms with Crippen LogP contribution in [0.5, 0.6) is 0 Å². The van der Waals surface area contributed by atoms with Gasteiger partial charge in [-0.05, 0) is 13.3 Å². The molecular formula is C10H13N3O2. The second-order valence-corrected chi connectivity index (χ2v) is 3.55. The molecule has 5 heteroatoms. The lowest BCUT2D eigenvalue weighted by Crippen LogP contribution is -2.28. The number of amides is 1. The number of hydrogen-bond acceptors (Lipinski definition) is 4. The first-order valence-electron chi connectivity index (χ1n) is 4.96. The third kappa shape index (κ3) is 2.30. The molecule has 0 unspecified atom stereocenters. The van der Waals surface area contributed by atoms with E-state index < -0.39 is 0 Å². The molecule has 5 nitrogen and oxygen atoms in total. The number of carbonyl (C=O) groups is 1. The Morgan fingerprint density at radius 1 is 1.60 bits per heavy atom. The summed E-state index contributed by atoms with van der Waals surface area (Å²) in [7, 11) is 0. The van der Waals surface area contributed by atoms with Gasteiger partial charge in [-0.15, -0.1) is 0 Å². The molecule has 1 N–H and O–H groups in total. The second kappa shape index (κ2) is 4.35. The van der Waals surface area contributed by atoms with Gasteiger partial charge in [0.2, 0.25) is 5.91 Å². The van der Waals surface area contributed by atoms with Crippen LogP contribution < -0.4 is 5.32 Å². The Hall–Kier alpha value is -1.49. The molecule has 1 amide bonds. The van der Waals surface area contributed by atoms with Crippen LogP contribution in [0.15, 0.2) is 18.6 Å². The van der Waals surface area contributed by atoms with Gasteiger partial charge in [-0.2, -0.15) is 0 Å².